The fraction of sp³-hybridized carbons (Fsp3) is 0.385. The molecule has 1 aliphatic carbocycles. The molecule has 0 unspecified atom stereocenters. The highest BCUT2D eigenvalue weighted by molar-refractivity contribution is 5.82. The number of aliphatic hydroxyl groups excluding tert-OH is 1. The SMILES string of the molecule is OCC1(Cc2cccc3cc[nH]c23)CC1. The molecule has 0 radical (unpaired) electrons. The third-order valence-corrected chi connectivity index (χ3v) is 3.53. The van der Waals surface area contributed by atoms with Crippen LogP contribution in [0.4, 0.5) is 0 Å². The van der Waals surface area contributed by atoms with E-state index in [0.29, 0.717) is 6.61 Å². The first-order valence-corrected chi connectivity index (χ1v) is 5.49. The molecule has 78 valence electrons. The molecular weight excluding hydrogens is 186 g/mol. The predicted molar refractivity (Wildman–Crippen MR) is 60.8 cm³/mol. The van der Waals surface area contributed by atoms with Gasteiger partial charge < -0.3 is 10.1 Å². The predicted octanol–water partition coefficient (Wildman–Crippen LogP) is 2.48. The van der Waals surface area contributed by atoms with Gasteiger partial charge in [0.15, 0.2) is 0 Å². The molecule has 2 N–H and O–H groups in total. The third-order valence-electron chi connectivity index (χ3n) is 3.53. The number of fused-ring (bicyclic) bond motifs is 1. The summed E-state index contributed by atoms with van der Waals surface area (Å²) in [6.07, 6.45) is 5.31. The molecule has 1 saturated carbocycles. The van der Waals surface area contributed by atoms with Crippen molar-refractivity contribution >= 4 is 10.9 Å². The zero-order valence-corrected chi connectivity index (χ0v) is 8.66. The van der Waals surface area contributed by atoms with Crippen molar-refractivity contribution in [3.63, 3.8) is 0 Å². The van der Waals surface area contributed by atoms with Gasteiger partial charge in [0.05, 0.1) is 0 Å². The smallest absolute Gasteiger partial charge is 0.0490 e. The van der Waals surface area contributed by atoms with Crippen molar-refractivity contribution in [1.29, 1.82) is 0 Å². The number of H-pyrrole nitrogens is 1. The maximum Gasteiger partial charge on any atom is 0.0490 e. The summed E-state index contributed by atoms with van der Waals surface area (Å²) in [7, 11) is 0. The largest absolute Gasteiger partial charge is 0.396 e. The lowest BCUT2D eigenvalue weighted by atomic mass is 9.96. The first-order valence-electron chi connectivity index (χ1n) is 5.49. The molecule has 0 bridgehead atoms. The first kappa shape index (κ1) is 8.98. The number of aromatic amines is 1. The molecule has 15 heavy (non-hydrogen) atoms. The lowest BCUT2D eigenvalue weighted by molar-refractivity contribution is 0.211. The molecule has 2 nitrogen and oxygen atoms in total. The summed E-state index contributed by atoms with van der Waals surface area (Å²) in [6, 6.07) is 8.47. The highest BCUT2D eigenvalue weighted by Gasteiger charge is 2.42. The van der Waals surface area contributed by atoms with E-state index in [0.717, 1.165) is 6.42 Å². The van der Waals surface area contributed by atoms with Gasteiger partial charge in [0.2, 0.25) is 0 Å². The minimum Gasteiger partial charge on any atom is -0.396 e. The van der Waals surface area contributed by atoms with E-state index in [1.807, 2.05) is 6.20 Å². The molecule has 3 rings (SSSR count). The summed E-state index contributed by atoms with van der Waals surface area (Å²) in [5.41, 5.74) is 2.76. The molecule has 1 aromatic heterocycles. The van der Waals surface area contributed by atoms with Crippen LogP contribution in [0.2, 0.25) is 0 Å². The van der Waals surface area contributed by atoms with Crippen LogP contribution < -0.4 is 0 Å². The summed E-state index contributed by atoms with van der Waals surface area (Å²) >= 11 is 0. The average molecular weight is 201 g/mol. The minimum atomic E-state index is 0.194. The van der Waals surface area contributed by atoms with Gasteiger partial charge in [-0.2, -0.15) is 0 Å². The average Bonchev–Trinajstić information content (AvgIpc) is 2.87. The maximum absolute atomic E-state index is 9.33. The lowest BCUT2D eigenvalue weighted by Gasteiger charge is -2.11. The molecule has 0 spiro atoms. The van der Waals surface area contributed by atoms with Crippen LogP contribution >= 0.6 is 0 Å². The Balaban J connectivity index is 2.00. The highest BCUT2D eigenvalue weighted by Crippen LogP contribution is 2.48. The Kier molecular flexibility index (Phi) is 1.86. The van der Waals surface area contributed by atoms with Crippen LogP contribution in [0.3, 0.4) is 0 Å². The van der Waals surface area contributed by atoms with Crippen molar-refractivity contribution in [2.45, 2.75) is 19.3 Å². The number of benzene rings is 1. The zero-order chi connectivity index (χ0) is 10.3. The number of nitrogens with one attached hydrogen (secondary N) is 1. The van der Waals surface area contributed by atoms with Gasteiger partial charge >= 0.3 is 0 Å². The van der Waals surface area contributed by atoms with Crippen molar-refractivity contribution < 1.29 is 5.11 Å². The molecule has 0 saturated heterocycles. The quantitative estimate of drug-likeness (QED) is 0.786. The van der Waals surface area contributed by atoms with Crippen molar-refractivity contribution in [3.8, 4) is 0 Å². The Bertz CT molecular complexity index is 482. The van der Waals surface area contributed by atoms with Crippen molar-refractivity contribution in [1.82, 2.24) is 4.98 Å². The zero-order valence-electron chi connectivity index (χ0n) is 8.66. The number of rotatable bonds is 3. The normalized spacial score (nSPS) is 18.2. The third kappa shape index (κ3) is 1.45. The van der Waals surface area contributed by atoms with Gasteiger partial charge in [-0.05, 0) is 41.7 Å². The number of hydrogen-bond donors (Lipinski definition) is 2. The molecule has 1 aromatic carbocycles. The van der Waals surface area contributed by atoms with E-state index in [2.05, 4.69) is 29.2 Å². The Morgan fingerprint density at radius 3 is 2.87 bits per heavy atom. The molecule has 1 heterocycles. The second-order valence-corrected chi connectivity index (χ2v) is 4.69. The molecular formula is C13H15NO. The maximum atomic E-state index is 9.33. The summed E-state index contributed by atoms with van der Waals surface area (Å²) in [4.78, 5) is 3.28. The number of aliphatic hydroxyl groups is 1. The van der Waals surface area contributed by atoms with Crippen LogP contribution in [0, 0.1) is 5.41 Å². The van der Waals surface area contributed by atoms with E-state index in [4.69, 9.17) is 0 Å². The lowest BCUT2D eigenvalue weighted by Crippen LogP contribution is -2.10. The number of hydrogen-bond acceptors (Lipinski definition) is 1. The molecule has 2 aromatic rings. The second kappa shape index (κ2) is 3.11. The van der Waals surface area contributed by atoms with Crippen LogP contribution in [-0.2, 0) is 6.42 Å². The van der Waals surface area contributed by atoms with Crippen LogP contribution in [0.5, 0.6) is 0 Å². The van der Waals surface area contributed by atoms with Gasteiger partial charge in [-0.25, -0.2) is 0 Å². The van der Waals surface area contributed by atoms with Gasteiger partial charge in [-0.3, -0.25) is 0 Å². The standard InChI is InChI=1S/C13H15NO/c15-9-13(5-6-13)8-11-3-1-2-10-4-7-14-12(10)11/h1-4,7,14-15H,5-6,8-9H2. The van der Waals surface area contributed by atoms with Crippen molar-refractivity contribution in [2.75, 3.05) is 6.61 Å². The van der Waals surface area contributed by atoms with E-state index in [9.17, 15) is 5.11 Å². The first-order chi connectivity index (χ1) is 7.33. The van der Waals surface area contributed by atoms with Gasteiger partial charge in [0.1, 0.15) is 0 Å². The minimum absolute atomic E-state index is 0.194. The summed E-state index contributed by atoms with van der Waals surface area (Å²) < 4.78 is 0. The van der Waals surface area contributed by atoms with Crippen molar-refractivity contribution in [2.24, 2.45) is 5.41 Å². The summed E-state index contributed by atoms with van der Waals surface area (Å²) in [5, 5.41) is 10.6. The van der Waals surface area contributed by atoms with E-state index >= 15 is 0 Å². The van der Waals surface area contributed by atoms with Gasteiger partial charge in [-0.15, -0.1) is 0 Å². The molecule has 2 heteroatoms. The molecule has 1 aliphatic rings. The van der Waals surface area contributed by atoms with Gasteiger partial charge in [-0.1, -0.05) is 18.2 Å². The van der Waals surface area contributed by atoms with Crippen LogP contribution in [0.15, 0.2) is 30.5 Å². The number of para-hydroxylation sites is 1. The Morgan fingerprint density at radius 2 is 2.13 bits per heavy atom. The van der Waals surface area contributed by atoms with Crippen LogP contribution in [0.1, 0.15) is 18.4 Å². The van der Waals surface area contributed by atoms with E-state index < -0.39 is 0 Å². The molecule has 0 amide bonds. The van der Waals surface area contributed by atoms with Crippen molar-refractivity contribution in [3.05, 3.63) is 36.0 Å². The van der Waals surface area contributed by atoms with Crippen LogP contribution in [0.25, 0.3) is 10.9 Å². The second-order valence-electron chi connectivity index (χ2n) is 4.69. The van der Waals surface area contributed by atoms with E-state index in [1.54, 1.807) is 0 Å². The van der Waals surface area contributed by atoms with Gasteiger partial charge in [0.25, 0.3) is 0 Å². The monoisotopic (exact) mass is 201 g/mol. The fourth-order valence-electron chi connectivity index (χ4n) is 2.27. The molecule has 0 aliphatic heterocycles. The van der Waals surface area contributed by atoms with Crippen LogP contribution in [-0.4, -0.2) is 16.7 Å². The topological polar surface area (TPSA) is 36.0 Å². The molecule has 0 atom stereocenters. The fourth-order valence-corrected chi connectivity index (χ4v) is 2.27. The van der Waals surface area contributed by atoms with Gasteiger partial charge in [0, 0.05) is 18.3 Å². The van der Waals surface area contributed by atoms with E-state index in [1.165, 1.54) is 29.3 Å². The highest BCUT2D eigenvalue weighted by atomic mass is 16.3. The number of aromatic nitrogens is 1. The summed E-state index contributed by atoms with van der Waals surface area (Å²) in [5.74, 6) is 0. The van der Waals surface area contributed by atoms with E-state index in [-0.39, 0.29) is 5.41 Å². The Morgan fingerprint density at radius 1 is 1.27 bits per heavy atom. The summed E-state index contributed by atoms with van der Waals surface area (Å²) in [6.45, 7) is 0.324. The Hall–Kier alpha value is -1.28. The molecule has 1 fully saturated rings. The Labute approximate surface area is 88.9 Å².